The van der Waals surface area contributed by atoms with Crippen molar-refractivity contribution in [2.75, 3.05) is 26.7 Å². The highest BCUT2D eigenvalue weighted by Gasteiger charge is 2.26. The van der Waals surface area contributed by atoms with Crippen LogP contribution in [0.3, 0.4) is 0 Å². The number of rotatable bonds is 4. The Kier molecular flexibility index (Phi) is 4.61. The van der Waals surface area contributed by atoms with Crippen LogP contribution < -0.4 is 5.73 Å². The van der Waals surface area contributed by atoms with Crippen LogP contribution in [0.4, 0.5) is 0 Å². The summed E-state index contributed by atoms with van der Waals surface area (Å²) >= 11 is 0. The normalized spacial score (nSPS) is 24.4. The summed E-state index contributed by atoms with van der Waals surface area (Å²) in [5.74, 6) is 1.52. The van der Waals surface area contributed by atoms with E-state index in [2.05, 4.69) is 11.8 Å². The van der Waals surface area contributed by atoms with Gasteiger partial charge in [-0.3, -0.25) is 4.90 Å². The summed E-state index contributed by atoms with van der Waals surface area (Å²) in [6.45, 7) is 5.57. The molecule has 5 heteroatoms. The fourth-order valence-corrected chi connectivity index (χ4v) is 2.63. The third kappa shape index (κ3) is 3.16. The number of hydrogen-bond acceptors (Lipinski definition) is 5. The quantitative estimate of drug-likeness (QED) is 0.836. The highest BCUT2D eigenvalue weighted by atomic mass is 16.5. The molecule has 1 saturated heterocycles. The van der Waals surface area contributed by atoms with Gasteiger partial charge in [-0.05, 0) is 37.4 Å². The minimum Gasteiger partial charge on any atom is -0.467 e. The van der Waals surface area contributed by atoms with Gasteiger partial charge >= 0.3 is 5.97 Å². The number of likely N-dealkylation sites (tertiary alicyclic amines) is 1. The molecule has 0 aromatic carbocycles. The highest BCUT2D eigenvalue weighted by molar-refractivity contribution is 5.90. The smallest absolute Gasteiger partial charge is 0.341 e. The van der Waals surface area contributed by atoms with E-state index in [0.29, 0.717) is 36.2 Å². The topological polar surface area (TPSA) is 68.7 Å². The van der Waals surface area contributed by atoms with Crippen molar-refractivity contribution in [3.63, 3.8) is 0 Å². The van der Waals surface area contributed by atoms with Gasteiger partial charge in [-0.25, -0.2) is 4.79 Å². The molecule has 1 aliphatic rings. The first-order valence-corrected chi connectivity index (χ1v) is 6.72. The molecule has 1 aromatic heterocycles. The van der Waals surface area contributed by atoms with Gasteiger partial charge in [0.2, 0.25) is 0 Å². The summed E-state index contributed by atoms with van der Waals surface area (Å²) in [6.07, 6.45) is 2.67. The van der Waals surface area contributed by atoms with Crippen molar-refractivity contribution in [1.29, 1.82) is 0 Å². The lowest BCUT2D eigenvalue weighted by atomic mass is 9.87. The highest BCUT2D eigenvalue weighted by Crippen LogP contribution is 2.24. The second-order valence-corrected chi connectivity index (χ2v) is 5.25. The number of methoxy groups -OCH3 is 1. The fraction of sp³-hybridized carbons (Fsp3) is 0.643. The summed E-state index contributed by atoms with van der Waals surface area (Å²) in [7, 11) is 1.38. The van der Waals surface area contributed by atoms with Crippen LogP contribution in [0.1, 0.15) is 29.5 Å². The second-order valence-electron chi connectivity index (χ2n) is 5.25. The summed E-state index contributed by atoms with van der Waals surface area (Å²) in [6, 6.07) is 1.66. The summed E-state index contributed by atoms with van der Waals surface area (Å²) in [4.78, 5) is 13.9. The van der Waals surface area contributed by atoms with Crippen LogP contribution in [0.2, 0.25) is 0 Å². The molecule has 0 amide bonds. The number of furan rings is 1. The van der Waals surface area contributed by atoms with Crippen molar-refractivity contribution in [2.24, 2.45) is 17.6 Å². The monoisotopic (exact) mass is 266 g/mol. The molecule has 0 aliphatic carbocycles. The first-order chi connectivity index (χ1) is 9.15. The lowest BCUT2D eigenvalue weighted by Gasteiger charge is -2.36. The maximum Gasteiger partial charge on any atom is 0.341 e. The fourth-order valence-electron chi connectivity index (χ4n) is 2.63. The van der Waals surface area contributed by atoms with Crippen molar-refractivity contribution in [2.45, 2.75) is 19.9 Å². The molecule has 106 valence electrons. The van der Waals surface area contributed by atoms with Gasteiger partial charge in [0.05, 0.1) is 19.9 Å². The van der Waals surface area contributed by atoms with Crippen molar-refractivity contribution in [3.8, 4) is 0 Å². The Labute approximate surface area is 113 Å². The SMILES string of the molecule is COC(=O)c1ccoc1CN1CCC(C)C(CN)C1. The lowest BCUT2D eigenvalue weighted by Crippen LogP contribution is -2.42. The molecule has 2 N–H and O–H groups in total. The minimum atomic E-state index is -0.343. The molecule has 0 radical (unpaired) electrons. The second kappa shape index (κ2) is 6.21. The number of ether oxygens (including phenoxy) is 1. The van der Waals surface area contributed by atoms with E-state index in [0.717, 1.165) is 19.5 Å². The average Bonchev–Trinajstić information content (AvgIpc) is 2.88. The number of esters is 1. The molecule has 2 atom stereocenters. The van der Waals surface area contributed by atoms with Crippen LogP contribution in [0.25, 0.3) is 0 Å². The summed E-state index contributed by atoms with van der Waals surface area (Å²) in [5.41, 5.74) is 6.32. The van der Waals surface area contributed by atoms with E-state index >= 15 is 0 Å². The van der Waals surface area contributed by atoms with Crippen molar-refractivity contribution >= 4 is 5.97 Å². The maximum atomic E-state index is 11.6. The third-order valence-electron chi connectivity index (χ3n) is 4.02. The lowest BCUT2D eigenvalue weighted by molar-refractivity contribution is 0.0593. The van der Waals surface area contributed by atoms with Crippen molar-refractivity contribution in [1.82, 2.24) is 4.90 Å². The van der Waals surface area contributed by atoms with Gasteiger partial charge in [0.25, 0.3) is 0 Å². The Morgan fingerprint density at radius 1 is 1.63 bits per heavy atom. The van der Waals surface area contributed by atoms with E-state index < -0.39 is 0 Å². The Bertz CT molecular complexity index is 430. The largest absolute Gasteiger partial charge is 0.467 e. The van der Waals surface area contributed by atoms with Crippen LogP contribution in [0.5, 0.6) is 0 Å². The van der Waals surface area contributed by atoms with Gasteiger partial charge < -0.3 is 14.9 Å². The number of hydrogen-bond donors (Lipinski definition) is 1. The van der Waals surface area contributed by atoms with Crippen LogP contribution in [0.15, 0.2) is 16.7 Å². The Balaban J connectivity index is 2.02. The number of carbonyl (C=O) groups is 1. The molecule has 0 saturated carbocycles. The molecule has 1 fully saturated rings. The molecule has 2 heterocycles. The molecule has 0 bridgehead atoms. The van der Waals surface area contributed by atoms with E-state index in [-0.39, 0.29) is 5.97 Å². The molecule has 2 unspecified atom stereocenters. The zero-order valence-corrected chi connectivity index (χ0v) is 11.6. The first-order valence-electron chi connectivity index (χ1n) is 6.72. The number of nitrogens with two attached hydrogens (primary N) is 1. The van der Waals surface area contributed by atoms with E-state index in [1.807, 2.05) is 0 Å². The van der Waals surface area contributed by atoms with Crippen LogP contribution in [0, 0.1) is 11.8 Å². The molecule has 0 spiro atoms. The predicted molar refractivity (Wildman–Crippen MR) is 71.6 cm³/mol. The Morgan fingerprint density at radius 3 is 3.11 bits per heavy atom. The zero-order valence-electron chi connectivity index (χ0n) is 11.6. The van der Waals surface area contributed by atoms with E-state index in [9.17, 15) is 4.79 Å². The van der Waals surface area contributed by atoms with Gasteiger partial charge in [0, 0.05) is 6.54 Å². The summed E-state index contributed by atoms with van der Waals surface area (Å²) < 4.78 is 10.2. The van der Waals surface area contributed by atoms with Crippen LogP contribution >= 0.6 is 0 Å². The van der Waals surface area contributed by atoms with Crippen LogP contribution in [-0.2, 0) is 11.3 Å². The predicted octanol–water partition coefficient (Wildman–Crippen LogP) is 1.48. The number of nitrogens with zero attached hydrogens (tertiary/aromatic N) is 1. The number of carbonyl (C=O) groups excluding carboxylic acids is 1. The van der Waals surface area contributed by atoms with Crippen LogP contribution in [-0.4, -0.2) is 37.6 Å². The van der Waals surface area contributed by atoms with E-state index in [1.165, 1.54) is 13.4 Å². The molecule has 5 nitrogen and oxygen atoms in total. The maximum absolute atomic E-state index is 11.6. The van der Waals surface area contributed by atoms with Gasteiger partial charge in [0.15, 0.2) is 0 Å². The molecule has 1 aliphatic heterocycles. The zero-order chi connectivity index (χ0) is 13.8. The van der Waals surface area contributed by atoms with Crippen molar-refractivity contribution in [3.05, 3.63) is 23.7 Å². The molecule has 19 heavy (non-hydrogen) atoms. The standard InChI is InChI=1S/C14H22N2O3/c1-10-3-5-16(8-11(10)7-15)9-13-12(4-6-19-13)14(17)18-2/h4,6,10-11H,3,5,7-9,15H2,1-2H3. The van der Waals surface area contributed by atoms with Crippen molar-refractivity contribution < 1.29 is 13.9 Å². The average molecular weight is 266 g/mol. The Hall–Kier alpha value is -1.33. The molecular weight excluding hydrogens is 244 g/mol. The van der Waals surface area contributed by atoms with Gasteiger partial charge in [-0.1, -0.05) is 6.92 Å². The molecule has 1 aromatic rings. The van der Waals surface area contributed by atoms with Gasteiger partial charge in [-0.2, -0.15) is 0 Å². The van der Waals surface area contributed by atoms with Gasteiger partial charge in [0.1, 0.15) is 11.3 Å². The van der Waals surface area contributed by atoms with E-state index in [4.69, 9.17) is 14.9 Å². The first kappa shape index (κ1) is 14.1. The molecule has 2 rings (SSSR count). The Morgan fingerprint density at radius 2 is 2.42 bits per heavy atom. The minimum absolute atomic E-state index is 0.343. The third-order valence-corrected chi connectivity index (χ3v) is 4.02. The molecular formula is C14H22N2O3. The number of piperidine rings is 1. The van der Waals surface area contributed by atoms with E-state index in [1.54, 1.807) is 6.07 Å². The summed E-state index contributed by atoms with van der Waals surface area (Å²) in [5, 5.41) is 0. The van der Waals surface area contributed by atoms with Gasteiger partial charge in [-0.15, -0.1) is 0 Å².